The Morgan fingerprint density at radius 1 is 1.12 bits per heavy atom. The molecule has 0 saturated carbocycles. The minimum Gasteiger partial charge on any atom is -0.341 e. The predicted octanol–water partition coefficient (Wildman–Crippen LogP) is 1.68. The van der Waals surface area contributed by atoms with E-state index in [1.807, 2.05) is 24.0 Å². The van der Waals surface area contributed by atoms with Gasteiger partial charge in [-0.2, -0.15) is 5.10 Å². The molecule has 7 nitrogen and oxygen atoms in total. The van der Waals surface area contributed by atoms with Crippen molar-refractivity contribution in [1.82, 2.24) is 24.6 Å². The van der Waals surface area contributed by atoms with Crippen molar-refractivity contribution in [3.63, 3.8) is 0 Å². The highest BCUT2D eigenvalue weighted by atomic mass is 16.2. The summed E-state index contributed by atoms with van der Waals surface area (Å²) in [5, 5.41) is 4.22. The number of carbonyl (C=O) groups is 1. The van der Waals surface area contributed by atoms with Gasteiger partial charge in [0, 0.05) is 51.3 Å². The van der Waals surface area contributed by atoms with E-state index >= 15 is 0 Å². The van der Waals surface area contributed by atoms with Crippen molar-refractivity contribution in [3.8, 4) is 0 Å². The third-order valence-electron chi connectivity index (χ3n) is 5.47. The Morgan fingerprint density at radius 2 is 1.80 bits per heavy atom. The van der Waals surface area contributed by atoms with Gasteiger partial charge in [-0.15, -0.1) is 0 Å². The zero-order chi connectivity index (χ0) is 17.2. The van der Waals surface area contributed by atoms with Gasteiger partial charge in [-0.05, 0) is 43.7 Å². The molecular formula is C18H24N6O. The van der Waals surface area contributed by atoms with Gasteiger partial charge in [0.25, 0.3) is 5.91 Å². The third kappa shape index (κ3) is 3.10. The highest BCUT2D eigenvalue weighted by Gasteiger charge is 2.38. The van der Waals surface area contributed by atoms with E-state index in [1.54, 1.807) is 23.3 Å². The van der Waals surface area contributed by atoms with E-state index in [2.05, 4.69) is 20.0 Å². The molecule has 0 aliphatic carbocycles. The van der Waals surface area contributed by atoms with Crippen LogP contribution in [0.5, 0.6) is 0 Å². The molecule has 2 aliphatic rings. The van der Waals surface area contributed by atoms with Gasteiger partial charge >= 0.3 is 0 Å². The van der Waals surface area contributed by atoms with Gasteiger partial charge in [-0.1, -0.05) is 0 Å². The van der Waals surface area contributed by atoms with Crippen LogP contribution in [0.15, 0.2) is 30.7 Å². The van der Waals surface area contributed by atoms with E-state index in [1.165, 1.54) is 0 Å². The zero-order valence-electron chi connectivity index (χ0n) is 14.6. The van der Waals surface area contributed by atoms with Crippen molar-refractivity contribution in [2.24, 2.45) is 11.8 Å². The molecule has 0 aromatic carbocycles. The monoisotopic (exact) mass is 340 g/mol. The molecule has 2 fully saturated rings. The number of carbonyl (C=O) groups excluding carboxylic acids is 1. The lowest BCUT2D eigenvalue weighted by Crippen LogP contribution is -2.32. The van der Waals surface area contributed by atoms with Crippen molar-refractivity contribution < 1.29 is 4.79 Å². The molecule has 2 aliphatic heterocycles. The summed E-state index contributed by atoms with van der Waals surface area (Å²) in [5.74, 6) is 2.07. The number of aromatic nitrogens is 4. The fourth-order valence-corrected chi connectivity index (χ4v) is 4.10. The number of amides is 1. The Hall–Kier alpha value is -2.44. The molecule has 4 rings (SSSR count). The first-order chi connectivity index (χ1) is 12.3. The standard InChI is InChI=1S/C18H24N6O/c1-2-24-16(4-9-21-24)17(25)23-12-14-5-10-22(11-6-15(14)13-23)18-19-7-3-8-20-18/h3-4,7-9,14-15H,2,5-6,10-13H2,1H3/t14-,15+. The van der Waals surface area contributed by atoms with Crippen LogP contribution in [-0.2, 0) is 6.54 Å². The topological polar surface area (TPSA) is 67.2 Å². The minimum absolute atomic E-state index is 0.121. The number of fused-ring (bicyclic) bond motifs is 1. The number of nitrogens with zero attached hydrogens (tertiary/aromatic N) is 6. The maximum absolute atomic E-state index is 12.8. The molecule has 1 amide bonds. The molecule has 2 saturated heterocycles. The molecule has 4 heterocycles. The number of likely N-dealkylation sites (tertiary alicyclic amines) is 1. The average molecular weight is 340 g/mol. The largest absolute Gasteiger partial charge is 0.341 e. The maximum Gasteiger partial charge on any atom is 0.272 e. The number of hydrogen-bond donors (Lipinski definition) is 0. The first kappa shape index (κ1) is 16.1. The van der Waals surface area contributed by atoms with Crippen LogP contribution in [0.1, 0.15) is 30.3 Å². The number of rotatable bonds is 3. The summed E-state index contributed by atoms with van der Waals surface area (Å²) in [6.07, 6.45) is 7.47. The lowest BCUT2D eigenvalue weighted by Gasteiger charge is -2.22. The summed E-state index contributed by atoms with van der Waals surface area (Å²) >= 11 is 0. The van der Waals surface area contributed by atoms with E-state index in [0.29, 0.717) is 17.5 Å². The smallest absolute Gasteiger partial charge is 0.272 e. The summed E-state index contributed by atoms with van der Waals surface area (Å²) in [7, 11) is 0. The molecular weight excluding hydrogens is 316 g/mol. The minimum atomic E-state index is 0.121. The molecule has 0 N–H and O–H groups in total. The lowest BCUT2D eigenvalue weighted by molar-refractivity contribution is 0.0770. The van der Waals surface area contributed by atoms with Crippen LogP contribution >= 0.6 is 0 Å². The van der Waals surface area contributed by atoms with Crippen LogP contribution in [0.3, 0.4) is 0 Å². The van der Waals surface area contributed by atoms with E-state index in [-0.39, 0.29) is 5.91 Å². The molecule has 2 aromatic rings. The molecule has 7 heteroatoms. The first-order valence-electron chi connectivity index (χ1n) is 9.09. The van der Waals surface area contributed by atoms with Crippen molar-refractivity contribution in [2.75, 3.05) is 31.1 Å². The van der Waals surface area contributed by atoms with Crippen LogP contribution in [0, 0.1) is 11.8 Å². The summed E-state index contributed by atoms with van der Waals surface area (Å²) in [5.41, 5.74) is 0.707. The number of aryl methyl sites for hydroxylation is 1. The van der Waals surface area contributed by atoms with Gasteiger partial charge in [0.1, 0.15) is 5.69 Å². The fraction of sp³-hybridized carbons (Fsp3) is 0.556. The second kappa shape index (κ2) is 6.82. The molecule has 25 heavy (non-hydrogen) atoms. The van der Waals surface area contributed by atoms with Gasteiger partial charge in [0.15, 0.2) is 0 Å². The lowest BCUT2D eigenvalue weighted by atomic mass is 9.92. The number of hydrogen-bond acceptors (Lipinski definition) is 5. The highest BCUT2D eigenvalue weighted by molar-refractivity contribution is 5.92. The molecule has 0 radical (unpaired) electrons. The third-order valence-corrected chi connectivity index (χ3v) is 5.47. The van der Waals surface area contributed by atoms with Crippen molar-refractivity contribution in [1.29, 1.82) is 0 Å². The quantitative estimate of drug-likeness (QED) is 0.850. The molecule has 2 atom stereocenters. The maximum atomic E-state index is 12.8. The SMILES string of the molecule is CCn1nccc1C(=O)N1C[C@H]2CCN(c3ncccn3)CC[C@H]2C1. The van der Waals surface area contributed by atoms with Crippen LogP contribution in [-0.4, -0.2) is 56.7 Å². The van der Waals surface area contributed by atoms with Crippen molar-refractivity contribution in [3.05, 3.63) is 36.4 Å². The van der Waals surface area contributed by atoms with Gasteiger partial charge < -0.3 is 9.80 Å². The second-order valence-corrected chi connectivity index (χ2v) is 6.88. The van der Waals surface area contributed by atoms with E-state index in [0.717, 1.165) is 51.5 Å². The highest BCUT2D eigenvalue weighted by Crippen LogP contribution is 2.33. The van der Waals surface area contributed by atoms with Crippen LogP contribution in [0.4, 0.5) is 5.95 Å². The van der Waals surface area contributed by atoms with Gasteiger partial charge in [-0.25, -0.2) is 9.97 Å². The Labute approximate surface area is 147 Å². The average Bonchev–Trinajstić information content (AvgIpc) is 3.24. The van der Waals surface area contributed by atoms with E-state index < -0.39 is 0 Å². The Morgan fingerprint density at radius 3 is 2.44 bits per heavy atom. The summed E-state index contributed by atoms with van der Waals surface area (Å²) in [4.78, 5) is 25.9. The van der Waals surface area contributed by atoms with E-state index in [9.17, 15) is 4.79 Å². The fourth-order valence-electron chi connectivity index (χ4n) is 4.10. The summed E-state index contributed by atoms with van der Waals surface area (Å²) in [6, 6.07) is 3.68. The van der Waals surface area contributed by atoms with Gasteiger partial charge in [0.05, 0.1) is 0 Å². The van der Waals surface area contributed by atoms with E-state index in [4.69, 9.17) is 0 Å². The van der Waals surface area contributed by atoms with Crippen LogP contribution < -0.4 is 4.90 Å². The normalized spacial score (nSPS) is 23.4. The molecule has 0 unspecified atom stereocenters. The van der Waals surface area contributed by atoms with Gasteiger partial charge in [0.2, 0.25) is 5.95 Å². The second-order valence-electron chi connectivity index (χ2n) is 6.88. The van der Waals surface area contributed by atoms with Crippen LogP contribution in [0.25, 0.3) is 0 Å². The zero-order valence-corrected chi connectivity index (χ0v) is 14.6. The molecule has 0 spiro atoms. The Kier molecular flexibility index (Phi) is 4.38. The first-order valence-corrected chi connectivity index (χ1v) is 9.09. The summed E-state index contributed by atoms with van der Waals surface area (Å²) < 4.78 is 1.78. The molecule has 132 valence electrons. The summed E-state index contributed by atoms with van der Waals surface area (Å²) in [6.45, 7) is 6.35. The Balaban J connectivity index is 1.41. The molecule has 2 aromatic heterocycles. The van der Waals surface area contributed by atoms with Gasteiger partial charge in [-0.3, -0.25) is 9.48 Å². The molecule has 0 bridgehead atoms. The number of anilines is 1. The van der Waals surface area contributed by atoms with Crippen molar-refractivity contribution >= 4 is 11.9 Å². The Bertz CT molecular complexity index is 714. The predicted molar refractivity (Wildman–Crippen MR) is 94.3 cm³/mol. The van der Waals surface area contributed by atoms with Crippen LogP contribution in [0.2, 0.25) is 0 Å². The van der Waals surface area contributed by atoms with Crippen molar-refractivity contribution in [2.45, 2.75) is 26.3 Å².